The van der Waals surface area contributed by atoms with Crippen molar-refractivity contribution in [2.45, 2.75) is 0 Å². The Labute approximate surface area is 101 Å². The number of halogens is 1. The van der Waals surface area contributed by atoms with Crippen molar-refractivity contribution in [1.29, 1.82) is 0 Å². The van der Waals surface area contributed by atoms with Crippen LogP contribution in [-0.2, 0) is 0 Å². The zero-order chi connectivity index (χ0) is 12.4. The summed E-state index contributed by atoms with van der Waals surface area (Å²) in [6, 6.07) is 4.85. The molecule has 0 amide bonds. The number of aliphatic imine (C=N–C) groups is 1. The monoisotopic (exact) mass is 252 g/mol. The van der Waals surface area contributed by atoms with Crippen molar-refractivity contribution < 1.29 is 4.63 Å². The molecule has 1 heterocycles. The van der Waals surface area contributed by atoms with E-state index in [4.69, 9.17) is 28.8 Å². The van der Waals surface area contributed by atoms with E-state index in [2.05, 4.69) is 19.9 Å². The molecule has 0 saturated heterocycles. The average Bonchev–Trinajstić information content (AvgIpc) is 2.70. The van der Waals surface area contributed by atoms with Crippen LogP contribution in [0, 0.1) is 0 Å². The van der Waals surface area contributed by atoms with Crippen LogP contribution < -0.4 is 17.2 Å². The number of amidine groups is 1. The molecule has 0 radical (unpaired) electrons. The number of hydrogen-bond acceptors (Lipinski definition) is 6. The van der Waals surface area contributed by atoms with Crippen LogP contribution in [0.3, 0.4) is 0 Å². The lowest BCUT2D eigenvalue weighted by atomic mass is 10.2. The Balaban J connectivity index is 2.43. The van der Waals surface area contributed by atoms with Crippen molar-refractivity contribution >= 4 is 34.6 Å². The summed E-state index contributed by atoms with van der Waals surface area (Å²) in [5.41, 5.74) is 17.9. The topological polar surface area (TPSA) is 129 Å². The molecule has 2 rings (SSSR count). The first-order valence-electron chi connectivity index (χ1n) is 4.55. The average molecular weight is 253 g/mol. The van der Waals surface area contributed by atoms with Crippen LogP contribution in [0.25, 0.3) is 0 Å². The van der Waals surface area contributed by atoms with Gasteiger partial charge in [0.25, 0.3) is 0 Å². The van der Waals surface area contributed by atoms with Crippen LogP contribution >= 0.6 is 11.6 Å². The molecule has 0 atom stereocenters. The molecule has 88 valence electrons. The van der Waals surface area contributed by atoms with Crippen molar-refractivity contribution in [2.24, 2.45) is 10.7 Å². The molecule has 7 nitrogen and oxygen atoms in total. The van der Waals surface area contributed by atoms with Crippen LogP contribution in [0.5, 0.6) is 0 Å². The molecule has 17 heavy (non-hydrogen) atoms. The molecule has 6 N–H and O–H groups in total. The predicted octanol–water partition coefficient (Wildman–Crippen LogP) is 0.924. The first-order chi connectivity index (χ1) is 8.08. The quantitative estimate of drug-likeness (QED) is 0.414. The van der Waals surface area contributed by atoms with E-state index in [0.717, 1.165) is 0 Å². The molecule has 0 aliphatic heterocycles. The molecule has 0 aliphatic carbocycles. The van der Waals surface area contributed by atoms with Crippen molar-refractivity contribution in [1.82, 2.24) is 10.3 Å². The fraction of sp³-hybridized carbons (Fsp3) is 0. The highest BCUT2D eigenvalue weighted by atomic mass is 35.5. The van der Waals surface area contributed by atoms with Gasteiger partial charge in [-0.15, -0.1) is 0 Å². The second kappa shape index (κ2) is 4.30. The van der Waals surface area contributed by atoms with E-state index >= 15 is 0 Å². The Bertz CT molecular complexity index is 579. The first kappa shape index (κ1) is 11.2. The molecular weight excluding hydrogens is 244 g/mol. The molecule has 2 aromatic rings. The third kappa shape index (κ3) is 2.28. The third-order valence-electron chi connectivity index (χ3n) is 1.99. The molecule has 0 unspecified atom stereocenters. The van der Waals surface area contributed by atoms with E-state index < -0.39 is 0 Å². The molecule has 1 aromatic heterocycles. The predicted molar refractivity (Wildman–Crippen MR) is 65.0 cm³/mol. The maximum Gasteiger partial charge on any atom is 0.199 e. The number of benzene rings is 1. The first-order valence-corrected chi connectivity index (χ1v) is 4.93. The molecule has 0 bridgehead atoms. The normalized spacial score (nSPS) is 11.7. The maximum atomic E-state index is 5.82. The molecule has 0 fully saturated rings. The van der Waals surface area contributed by atoms with Crippen LogP contribution in [0.15, 0.2) is 27.8 Å². The zero-order valence-corrected chi connectivity index (χ0v) is 9.35. The number of rotatable bonds is 2. The van der Waals surface area contributed by atoms with Gasteiger partial charge < -0.3 is 17.2 Å². The minimum absolute atomic E-state index is 0.0534. The number of nitrogen functional groups attached to an aromatic ring is 2. The summed E-state index contributed by atoms with van der Waals surface area (Å²) in [7, 11) is 0. The van der Waals surface area contributed by atoms with Gasteiger partial charge in [0.2, 0.25) is 0 Å². The van der Waals surface area contributed by atoms with Crippen LogP contribution in [0.1, 0.15) is 5.69 Å². The van der Waals surface area contributed by atoms with Gasteiger partial charge in [-0.1, -0.05) is 11.6 Å². The highest BCUT2D eigenvalue weighted by molar-refractivity contribution is 6.31. The fourth-order valence-corrected chi connectivity index (χ4v) is 1.34. The summed E-state index contributed by atoms with van der Waals surface area (Å²) in [5.74, 6) is 0.115. The number of anilines is 2. The van der Waals surface area contributed by atoms with E-state index in [1.807, 2.05) is 0 Å². The highest BCUT2D eigenvalue weighted by Crippen LogP contribution is 2.26. The number of nitrogens with two attached hydrogens (primary N) is 3. The summed E-state index contributed by atoms with van der Waals surface area (Å²) in [4.78, 5) is 4.07. The largest absolute Gasteiger partial charge is 0.397 e. The SMILES string of the molecule is NC(=Nc1cc(Cl)ccc1N)c1nonc1N. The Hall–Kier alpha value is -2.28. The fourth-order valence-electron chi connectivity index (χ4n) is 1.17. The van der Waals surface area contributed by atoms with Gasteiger partial charge in [-0.3, -0.25) is 0 Å². The standard InChI is InChI=1S/C9H9ClN6O/c10-4-1-2-5(11)6(3-4)14-8(12)7-9(13)16-17-15-7/h1-3H,11H2,(H2,12,14)(H2,13,16). The van der Waals surface area contributed by atoms with E-state index in [1.54, 1.807) is 18.2 Å². The summed E-state index contributed by atoms with van der Waals surface area (Å²) in [5, 5.41) is 7.41. The third-order valence-corrected chi connectivity index (χ3v) is 2.23. The van der Waals surface area contributed by atoms with Gasteiger partial charge in [0.1, 0.15) is 0 Å². The van der Waals surface area contributed by atoms with E-state index in [0.29, 0.717) is 16.4 Å². The van der Waals surface area contributed by atoms with Crippen molar-refractivity contribution in [3.05, 3.63) is 28.9 Å². The van der Waals surface area contributed by atoms with Gasteiger partial charge in [0.15, 0.2) is 17.3 Å². The molecular formula is C9H9ClN6O. The molecule has 0 aliphatic rings. The lowest BCUT2D eigenvalue weighted by Crippen LogP contribution is -2.15. The Morgan fingerprint density at radius 2 is 2.06 bits per heavy atom. The van der Waals surface area contributed by atoms with Gasteiger partial charge in [-0.2, -0.15) is 0 Å². The van der Waals surface area contributed by atoms with Crippen molar-refractivity contribution in [2.75, 3.05) is 11.5 Å². The van der Waals surface area contributed by atoms with Gasteiger partial charge in [0, 0.05) is 5.02 Å². The second-order valence-corrected chi connectivity index (χ2v) is 3.63. The van der Waals surface area contributed by atoms with Gasteiger partial charge >= 0.3 is 0 Å². The molecule has 0 saturated carbocycles. The van der Waals surface area contributed by atoms with Crippen molar-refractivity contribution in [3.63, 3.8) is 0 Å². The van der Waals surface area contributed by atoms with Crippen LogP contribution in [0.4, 0.5) is 17.2 Å². The maximum absolute atomic E-state index is 5.82. The Morgan fingerprint density at radius 3 is 2.71 bits per heavy atom. The minimum Gasteiger partial charge on any atom is -0.397 e. The lowest BCUT2D eigenvalue weighted by molar-refractivity contribution is 0.308. The molecule has 0 spiro atoms. The minimum atomic E-state index is 0.0534. The van der Waals surface area contributed by atoms with E-state index in [-0.39, 0.29) is 17.3 Å². The van der Waals surface area contributed by atoms with Gasteiger partial charge in [-0.25, -0.2) is 9.62 Å². The smallest absolute Gasteiger partial charge is 0.199 e. The summed E-state index contributed by atoms with van der Waals surface area (Å²) >= 11 is 5.82. The van der Waals surface area contributed by atoms with Crippen molar-refractivity contribution in [3.8, 4) is 0 Å². The highest BCUT2D eigenvalue weighted by Gasteiger charge is 2.11. The van der Waals surface area contributed by atoms with Crippen LogP contribution in [0.2, 0.25) is 5.02 Å². The number of hydrogen-bond donors (Lipinski definition) is 3. The summed E-state index contributed by atoms with van der Waals surface area (Å²) < 4.78 is 4.41. The van der Waals surface area contributed by atoms with E-state index in [9.17, 15) is 0 Å². The number of aromatic nitrogens is 2. The second-order valence-electron chi connectivity index (χ2n) is 3.20. The lowest BCUT2D eigenvalue weighted by Gasteiger charge is -2.01. The Kier molecular flexibility index (Phi) is 2.84. The van der Waals surface area contributed by atoms with Gasteiger partial charge in [0.05, 0.1) is 11.4 Å². The summed E-state index contributed by atoms with van der Waals surface area (Å²) in [6.45, 7) is 0. The Morgan fingerprint density at radius 1 is 1.29 bits per heavy atom. The molecule has 8 heteroatoms. The summed E-state index contributed by atoms with van der Waals surface area (Å²) in [6.07, 6.45) is 0. The molecule has 1 aromatic carbocycles. The van der Waals surface area contributed by atoms with Gasteiger partial charge in [-0.05, 0) is 28.5 Å². The zero-order valence-electron chi connectivity index (χ0n) is 8.59. The van der Waals surface area contributed by atoms with E-state index in [1.165, 1.54) is 0 Å². The van der Waals surface area contributed by atoms with Crippen LogP contribution in [-0.4, -0.2) is 16.1 Å². The number of nitrogens with zero attached hydrogens (tertiary/aromatic N) is 3.